The van der Waals surface area contributed by atoms with E-state index >= 15 is 0 Å². The molecule has 0 fully saturated rings. The van der Waals surface area contributed by atoms with Crippen LogP contribution in [0.4, 0.5) is 0 Å². The normalized spacial score (nSPS) is 13.0. The van der Waals surface area contributed by atoms with Gasteiger partial charge in [0.1, 0.15) is 0 Å². The molecule has 1 heterocycles. The summed E-state index contributed by atoms with van der Waals surface area (Å²) >= 11 is 1.90. The van der Waals surface area contributed by atoms with E-state index in [0.29, 0.717) is 0 Å². The summed E-state index contributed by atoms with van der Waals surface area (Å²) < 4.78 is 1.32. The Balaban J connectivity index is 1.08. The van der Waals surface area contributed by atoms with E-state index in [1.807, 2.05) is 11.3 Å². The van der Waals surface area contributed by atoms with E-state index in [4.69, 9.17) is 0 Å². The SMILES string of the molecule is Cc1sc2cc(-c3c4ccccc4c(-c4ccc5c(c4)C(c4ccccc4)(c4ccccc4)c4ccccc4-5)c4ccccc34)ccc2c1-c1ccc2ccccc2c1. The predicted octanol–water partition coefficient (Wildman–Crippen LogP) is 16.0. The summed E-state index contributed by atoms with van der Waals surface area (Å²) in [5, 5.41) is 8.93. The van der Waals surface area contributed by atoms with Crippen LogP contribution in [0.3, 0.4) is 0 Å². The summed E-state index contributed by atoms with van der Waals surface area (Å²) in [5.74, 6) is 0. The van der Waals surface area contributed by atoms with Crippen molar-refractivity contribution in [1.82, 2.24) is 0 Å². The monoisotopic (exact) mass is 766 g/mol. The van der Waals surface area contributed by atoms with E-state index in [0.717, 1.165) is 0 Å². The highest BCUT2D eigenvalue weighted by Gasteiger charge is 2.46. The zero-order chi connectivity index (χ0) is 39.1. The van der Waals surface area contributed by atoms with Gasteiger partial charge < -0.3 is 0 Å². The fourth-order valence-electron chi connectivity index (χ4n) is 10.4. The van der Waals surface area contributed by atoms with E-state index in [9.17, 15) is 0 Å². The predicted molar refractivity (Wildman–Crippen MR) is 253 cm³/mol. The van der Waals surface area contributed by atoms with Gasteiger partial charge in [0.15, 0.2) is 0 Å². The third-order valence-electron chi connectivity index (χ3n) is 12.9. The van der Waals surface area contributed by atoms with Crippen molar-refractivity contribution in [2.75, 3.05) is 0 Å². The third-order valence-corrected chi connectivity index (χ3v) is 13.9. The standard InChI is InChI=1S/C58H38S/c1-37-55(40-29-28-38-16-8-9-17-39(38)34-40)51-33-31-42(36-54(51)59-37)57-49-25-12-10-23-47(49)56(48-24-11-13-26-50(48)57)41-30-32-46-45-22-14-15-27-52(45)58(53(46)35-41,43-18-4-2-5-19-43)44-20-6-3-7-21-44/h2-36H,1H3. The first kappa shape index (κ1) is 34.0. The summed E-state index contributed by atoms with van der Waals surface area (Å²) in [4.78, 5) is 1.35. The summed E-state index contributed by atoms with van der Waals surface area (Å²) in [6.07, 6.45) is 0. The van der Waals surface area contributed by atoms with Crippen LogP contribution in [-0.4, -0.2) is 0 Å². The van der Waals surface area contributed by atoms with Crippen LogP contribution in [0.2, 0.25) is 0 Å². The second kappa shape index (κ2) is 13.2. The second-order valence-electron chi connectivity index (χ2n) is 15.9. The van der Waals surface area contributed by atoms with Crippen molar-refractivity contribution >= 4 is 53.7 Å². The average molecular weight is 767 g/mol. The molecule has 0 saturated carbocycles. The lowest BCUT2D eigenvalue weighted by Crippen LogP contribution is -2.28. The molecule has 59 heavy (non-hydrogen) atoms. The van der Waals surface area contributed by atoms with Gasteiger partial charge in [0, 0.05) is 20.5 Å². The van der Waals surface area contributed by atoms with Crippen LogP contribution >= 0.6 is 11.3 Å². The van der Waals surface area contributed by atoms with Gasteiger partial charge in [-0.1, -0.05) is 194 Å². The highest BCUT2D eigenvalue weighted by molar-refractivity contribution is 7.19. The van der Waals surface area contributed by atoms with Crippen LogP contribution in [0.1, 0.15) is 27.1 Å². The van der Waals surface area contributed by atoms with Crippen LogP contribution < -0.4 is 0 Å². The molecule has 0 atom stereocenters. The minimum atomic E-state index is -0.462. The van der Waals surface area contributed by atoms with Crippen molar-refractivity contribution in [3.63, 3.8) is 0 Å². The molecule has 0 bridgehead atoms. The Morgan fingerprint density at radius 1 is 0.339 bits per heavy atom. The maximum absolute atomic E-state index is 2.51. The molecule has 0 spiro atoms. The van der Waals surface area contributed by atoms with E-state index in [1.165, 1.54) is 114 Å². The lowest BCUT2D eigenvalue weighted by Gasteiger charge is -2.34. The summed E-state index contributed by atoms with van der Waals surface area (Å²) in [6, 6.07) is 79.3. The molecule has 1 aliphatic carbocycles. The molecule has 0 N–H and O–H groups in total. The minimum absolute atomic E-state index is 0.462. The molecular formula is C58H38S. The molecule has 0 radical (unpaired) electrons. The molecule has 1 aromatic heterocycles. The quantitative estimate of drug-likeness (QED) is 0.153. The second-order valence-corrected chi connectivity index (χ2v) is 17.2. The van der Waals surface area contributed by atoms with Gasteiger partial charge in [0.2, 0.25) is 0 Å². The molecule has 1 heteroatoms. The largest absolute Gasteiger partial charge is 0.140 e. The summed E-state index contributed by atoms with van der Waals surface area (Å²) in [7, 11) is 0. The van der Waals surface area contributed by atoms with E-state index in [-0.39, 0.29) is 0 Å². The van der Waals surface area contributed by atoms with E-state index in [1.54, 1.807) is 0 Å². The Kier molecular flexibility index (Phi) is 7.64. The maximum atomic E-state index is 2.51. The van der Waals surface area contributed by atoms with Gasteiger partial charge >= 0.3 is 0 Å². The van der Waals surface area contributed by atoms with Crippen LogP contribution in [0, 0.1) is 6.92 Å². The smallest absolute Gasteiger partial charge is 0.0713 e. The molecule has 0 nitrogen and oxygen atoms in total. The first-order valence-electron chi connectivity index (χ1n) is 20.5. The minimum Gasteiger partial charge on any atom is -0.140 e. The van der Waals surface area contributed by atoms with E-state index in [2.05, 4.69) is 219 Å². The van der Waals surface area contributed by atoms with Crippen LogP contribution in [0.15, 0.2) is 212 Å². The Labute approximate surface area is 348 Å². The number of hydrogen-bond acceptors (Lipinski definition) is 1. The summed E-state index contributed by atoms with van der Waals surface area (Å²) in [6.45, 7) is 2.27. The van der Waals surface area contributed by atoms with Crippen molar-refractivity contribution in [3.8, 4) is 44.5 Å². The van der Waals surface area contributed by atoms with Gasteiger partial charge in [-0.15, -0.1) is 11.3 Å². The lowest BCUT2D eigenvalue weighted by molar-refractivity contribution is 0.769. The first-order chi connectivity index (χ1) is 29.2. The van der Waals surface area contributed by atoms with Gasteiger partial charge in [-0.25, -0.2) is 0 Å². The zero-order valence-corrected chi connectivity index (χ0v) is 33.4. The molecule has 0 saturated heterocycles. The molecule has 11 aromatic rings. The highest BCUT2D eigenvalue weighted by atomic mass is 32.1. The molecule has 0 amide bonds. The number of aryl methyl sites for hydroxylation is 1. The Morgan fingerprint density at radius 2 is 0.831 bits per heavy atom. The number of fused-ring (bicyclic) bond motifs is 7. The van der Waals surface area contributed by atoms with Crippen LogP contribution in [0.25, 0.3) is 86.9 Å². The summed E-state index contributed by atoms with van der Waals surface area (Å²) in [5.41, 5.74) is 15.0. The van der Waals surface area contributed by atoms with Crippen molar-refractivity contribution in [2.45, 2.75) is 12.3 Å². The number of rotatable bonds is 5. The number of hydrogen-bond donors (Lipinski definition) is 0. The lowest BCUT2D eigenvalue weighted by atomic mass is 9.67. The van der Waals surface area contributed by atoms with E-state index < -0.39 is 5.41 Å². The maximum Gasteiger partial charge on any atom is 0.0713 e. The number of thiophene rings is 1. The van der Waals surface area contributed by atoms with Crippen molar-refractivity contribution in [1.29, 1.82) is 0 Å². The van der Waals surface area contributed by atoms with Gasteiger partial charge in [-0.3, -0.25) is 0 Å². The zero-order valence-electron chi connectivity index (χ0n) is 32.6. The van der Waals surface area contributed by atoms with Gasteiger partial charge in [-0.05, 0) is 119 Å². The molecule has 0 aliphatic heterocycles. The van der Waals surface area contributed by atoms with Gasteiger partial charge in [-0.2, -0.15) is 0 Å². The topological polar surface area (TPSA) is 0 Å². The molecular weight excluding hydrogens is 729 g/mol. The van der Waals surface area contributed by atoms with Crippen molar-refractivity contribution in [2.24, 2.45) is 0 Å². The third kappa shape index (κ3) is 5.02. The molecule has 12 rings (SSSR count). The van der Waals surface area contributed by atoms with Gasteiger partial charge in [0.25, 0.3) is 0 Å². The highest BCUT2D eigenvalue weighted by Crippen LogP contribution is 2.57. The fourth-order valence-corrected chi connectivity index (χ4v) is 11.6. The average Bonchev–Trinajstić information content (AvgIpc) is 3.79. The fraction of sp³-hybridized carbons (Fsp3) is 0.0345. The van der Waals surface area contributed by atoms with Crippen molar-refractivity contribution < 1.29 is 0 Å². The van der Waals surface area contributed by atoms with Crippen LogP contribution in [-0.2, 0) is 5.41 Å². The first-order valence-corrected chi connectivity index (χ1v) is 21.3. The molecule has 0 unspecified atom stereocenters. The molecule has 276 valence electrons. The van der Waals surface area contributed by atoms with Crippen molar-refractivity contribution in [3.05, 3.63) is 239 Å². The van der Waals surface area contributed by atoms with Gasteiger partial charge in [0.05, 0.1) is 5.41 Å². The Bertz CT molecular complexity index is 3350. The number of benzene rings is 10. The molecule has 1 aliphatic rings. The van der Waals surface area contributed by atoms with Crippen LogP contribution in [0.5, 0.6) is 0 Å². The Morgan fingerprint density at radius 3 is 1.49 bits per heavy atom. The molecule has 10 aromatic carbocycles. The Hall–Kier alpha value is -7.06.